The average Bonchev–Trinajstić information content (AvgIpc) is 2.63. The Labute approximate surface area is 109 Å². The van der Waals surface area contributed by atoms with Crippen molar-refractivity contribution in [3.05, 3.63) is 35.5 Å². The molecular formula is C13H10N2O4. The molecule has 0 aromatic carbocycles. The van der Waals surface area contributed by atoms with Crippen LogP contribution in [0.5, 0.6) is 0 Å². The van der Waals surface area contributed by atoms with Crippen LogP contribution in [0.15, 0.2) is 35.5 Å². The molecule has 0 N–H and O–H groups in total. The third kappa shape index (κ3) is 2.77. The minimum Gasteiger partial charge on any atom is -0.325 e. The van der Waals surface area contributed by atoms with Gasteiger partial charge in [-0.2, -0.15) is 5.26 Å². The molecule has 2 amide bonds. The van der Waals surface area contributed by atoms with E-state index < -0.39 is 17.8 Å². The van der Waals surface area contributed by atoms with Crippen LogP contribution in [0.4, 0.5) is 0 Å². The normalized spacial score (nSPS) is 18.6. The van der Waals surface area contributed by atoms with Gasteiger partial charge in [-0.3, -0.25) is 9.59 Å². The molecule has 6 heteroatoms. The van der Waals surface area contributed by atoms with E-state index in [1.807, 2.05) is 6.07 Å². The lowest BCUT2D eigenvalue weighted by molar-refractivity contribution is -0.194. The molecule has 2 rings (SSSR count). The number of allylic oxidation sites excluding steroid dienone is 4. The van der Waals surface area contributed by atoms with Crippen LogP contribution in [0.25, 0.3) is 0 Å². The van der Waals surface area contributed by atoms with Gasteiger partial charge in [0.25, 0.3) is 11.8 Å². The highest BCUT2D eigenvalue weighted by atomic mass is 16.7. The molecule has 2 aliphatic rings. The Morgan fingerprint density at radius 2 is 1.89 bits per heavy atom. The summed E-state index contributed by atoms with van der Waals surface area (Å²) in [6.07, 6.45) is 6.64. The van der Waals surface area contributed by atoms with Gasteiger partial charge in [-0.25, -0.2) is 4.79 Å². The zero-order valence-corrected chi connectivity index (χ0v) is 9.96. The van der Waals surface area contributed by atoms with E-state index in [1.165, 1.54) is 12.2 Å². The Hall–Kier alpha value is -2.68. The van der Waals surface area contributed by atoms with Gasteiger partial charge in [-0.05, 0) is 18.6 Å². The lowest BCUT2D eigenvalue weighted by Crippen LogP contribution is -2.32. The highest BCUT2D eigenvalue weighted by molar-refractivity contribution is 6.03. The molecule has 96 valence electrons. The molecule has 0 atom stereocenters. The number of rotatable bonds is 2. The molecular weight excluding hydrogens is 248 g/mol. The van der Waals surface area contributed by atoms with E-state index in [2.05, 4.69) is 0 Å². The smallest absolute Gasteiger partial charge is 0.325 e. The maximum Gasteiger partial charge on any atom is 0.363 e. The fourth-order valence-electron chi connectivity index (χ4n) is 1.66. The standard InChI is InChI=1S/C13H10N2O4/c14-8-9-2-1-3-10(5-4-9)13(18)19-15-11(16)6-7-12(15)17/h2-5H,1,6-7H2. The minimum atomic E-state index is -0.785. The van der Waals surface area contributed by atoms with Crippen molar-refractivity contribution in [2.45, 2.75) is 19.3 Å². The lowest BCUT2D eigenvalue weighted by atomic mass is 10.2. The van der Waals surface area contributed by atoms with Gasteiger partial charge in [0.15, 0.2) is 0 Å². The fraction of sp³-hybridized carbons (Fsp3) is 0.231. The van der Waals surface area contributed by atoms with E-state index in [4.69, 9.17) is 10.1 Å². The highest BCUT2D eigenvalue weighted by Gasteiger charge is 2.33. The Morgan fingerprint density at radius 1 is 1.21 bits per heavy atom. The summed E-state index contributed by atoms with van der Waals surface area (Å²) in [6.45, 7) is 0. The first kappa shape index (κ1) is 12.8. The molecule has 19 heavy (non-hydrogen) atoms. The number of amides is 2. The SMILES string of the molecule is N#CC1=CCC=C(C(=O)ON2C(=O)CCC2=O)C=C1. The Kier molecular flexibility index (Phi) is 3.57. The Bertz CT molecular complexity index is 562. The minimum absolute atomic E-state index is 0.0567. The van der Waals surface area contributed by atoms with Gasteiger partial charge in [-0.15, -0.1) is 5.06 Å². The van der Waals surface area contributed by atoms with Crippen molar-refractivity contribution >= 4 is 17.8 Å². The second-order valence-corrected chi connectivity index (χ2v) is 3.96. The molecule has 0 aromatic rings. The first-order valence-electron chi connectivity index (χ1n) is 5.68. The van der Waals surface area contributed by atoms with Crippen molar-refractivity contribution in [2.24, 2.45) is 0 Å². The summed E-state index contributed by atoms with van der Waals surface area (Å²) in [5.41, 5.74) is 0.640. The maximum absolute atomic E-state index is 11.8. The van der Waals surface area contributed by atoms with Gasteiger partial charge in [0.1, 0.15) is 0 Å². The summed E-state index contributed by atoms with van der Waals surface area (Å²) in [5.74, 6) is -1.83. The molecule has 0 spiro atoms. The van der Waals surface area contributed by atoms with E-state index in [-0.39, 0.29) is 18.4 Å². The first-order chi connectivity index (χ1) is 9.11. The summed E-state index contributed by atoms with van der Waals surface area (Å²) >= 11 is 0. The van der Waals surface area contributed by atoms with Crippen LogP contribution in [0, 0.1) is 11.3 Å². The molecule has 1 heterocycles. The predicted molar refractivity (Wildman–Crippen MR) is 62.7 cm³/mol. The van der Waals surface area contributed by atoms with E-state index in [1.54, 1.807) is 12.2 Å². The number of hydrogen-bond acceptors (Lipinski definition) is 5. The molecule has 0 aromatic heterocycles. The van der Waals surface area contributed by atoms with Crippen LogP contribution in [-0.4, -0.2) is 22.8 Å². The molecule has 0 radical (unpaired) electrons. The van der Waals surface area contributed by atoms with Crippen molar-refractivity contribution < 1.29 is 19.2 Å². The number of nitrogens with zero attached hydrogens (tertiary/aromatic N) is 2. The number of carbonyl (C=O) groups excluding carboxylic acids is 3. The van der Waals surface area contributed by atoms with Crippen molar-refractivity contribution in [2.75, 3.05) is 0 Å². The number of hydroxylamine groups is 2. The van der Waals surface area contributed by atoms with Gasteiger partial charge in [0.2, 0.25) is 0 Å². The molecule has 1 aliphatic carbocycles. The van der Waals surface area contributed by atoms with E-state index >= 15 is 0 Å². The van der Waals surface area contributed by atoms with Gasteiger partial charge >= 0.3 is 5.97 Å². The number of hydrogen-bond donors (Lipinski definition) is 0. The van der Waals surface area contributed by atoms with Gasteiger partial charge in [0.05, 0.1) is 11.6 Å². The number of imide groups is 1. The summed E-state index contributed by atoms with van der Waals surface area (Å²) in [7, 11) is 0. The van der Waals surface area contributed by atoms with Gasteiger partial charge < -0.3 is 4.84 Å². The van der Waals surface area contributed by atoms with E-state index in [0.29, 0.717) is 17.1 Å². The van der Waals surface area contributed by atoms with Crippen LogP contribution >= 0.6 is 0 Å². The monoisotopic (exact) mass is 258 g/mol. The largest absolute Gasteiger partial charge is 0.363 e. The summed E-state index contributed by atoms with van der Waals surface area (Å²) < 4.78 is 0. The van der Waals surface area contributed by atoms with Crippen molar-refractivity contribution in [1.82, 2.24) is 5.06 Å². The average molecular weight is 258 g/mol. The van der Waals surface area contributed by atoms with Crippen LogP contribution in [0.2, 0.25) is 0 Å². The zero-order chi connectivity index (χ0) is 13.8. The molecule has 1 aliphatic heterocycles. The predicted octanol–water partition coefficient (Wildman–Crippen LogP) is 0.930. The van der Waals surface area contributed by atoms with E-state index in [0.717, 1.165) is 0 Å². The fourth-order valence-corrected chi connectivity index (χ4v) is 1.66. The second-order valence-electron chi connectivity index (χ2n) is 3.96. The van der Waals surface area contributed by atoms with Crippen molar-refractivity contribution in [3.63, 3.8) is 0 Å². The topological polar surface area (TPSA) is 87.5 Å². The summed E-state index contributed by atoms with van der Waals surface area (Å²) in [6, 6.07) is 1.96. The first-order valence-corrected chi connectivity index (χ1v) is 5.68. The van der Waals surface area contributed by atoms with Crippen LogP contribution in [-0.2, 0) is 19.2 Å². The van der Waals surface area contributed by atoms with E-state index in [9.17, 15) is 14.4 Å². The van der Waals surface area contributed by atoms with Crippen LogP contribution in [0.3, 0.4) is 0 Å². The zero-order valence-electron chi connectivity index (χ0n) is 9.96. The number of nitriles is 1. The van der Waals surface area contributed by atoms with Gasteiger partial charge in [0, 0.05) is 18.4 Å². The maximum atomic E-state index is 11.8. The third-order valence-corrected chi connectivity index (χ3v) is 2.66. The lowest BCUT2D eigenvalue weighted by Gasteiger charge is -2.12. The van der Waals surface area contributed by atoms with Crippen molar-refractivity contribution in [3.8, 4) is 6.07 Å². The molecule has 0 unspecified atom stereocenters. The van der Waals surface area contributed by atoms with Crippen molar-refractivity contribution in [1.29, 1.82) is 5.26 Å². The molecule has 0 bridgehead atoms. The highest BCUT2D eigenvalue weighted by Crippen LogP contribution is 2.16. The Morgan fingerprint density at radius 3 is 2.53 bits per heavy atom. The third-order valence-electron chi connectivity index (χ3n) is 2.66. The summed E-state index contributed by atoms with van der Waals surface area (Å²) in [5, 5.41) is 9.23. The molecule has 0 saturated carbocycles. The molecule has 1 fully saturated rings. The molecule has 1 saturated heterocycles. The van der Waals surface area contributed by atoms with Gasteiger partial charge in [-0.1, -0.05) is 12.2 Å². The van der Waals surface area contributed by atoms with Crippen LogP contribution in [0.1, 0.15) is 19.3 Å². The Balaban J connectivity index is 2.06. The second kappa shape index (κ2) is 5.31. The quantitative estimate of drug-likeness (QED) is 0.687. The molecule has 6 nitrogen and oxygen atoms in total. The summed E-state index contributed by atoms with van der Waals surface area (Å²) in [4.78, 5) is 39.2. The number of carbonyl (C=O) groups is 3. The van der Waals surface area contributed by atoms with Crippen LogP contribution < -0.4 is 0 Å².